The second-order valence-corrected chi connectivity index (χ2v) is 5.27. The summed E-state index contributed by atoms with van der Waals surface area (Å²) in [6.07, 6.45) is 1.87. The highest BCUT2D eigenvalue weighted by Crippen LogP contribution is 2.28. The molecule has 3 rings (SSSR count). The molecule has 20 heavy (non-hydrogen) atoms. The number of hydrogen-bond donors (Lipinski definition) is 2. The van der Waals surface area contributed by atoms with E-state index in [1.807, 2.05) is 0 Å². The van der Waals surface area contributed by atoms with Crippen molar-refractivity contribution in [3.63, 3.8) is 0 Å². The lowest BCUT2D eigenvalue weighted by atomic mass is 10.0. The van der Waals surface area contributed by atoms with Crippen molar-refractivity contribution in [2.45, 2.75) is 18.9 Å². The SMILES string of the molecule is NC(=O)NC1CCN(c2cccc3ccccc23)CC1. The van der Waals surface area contributed by atoms with Crippen LogP contribution in [0.1, 0.15) is 12.8 Å². The smallest absolute Gasteiger partial charge is 0.312 e. The second kappa shape index (κ2) is 5.41. The number of benzene rings is 2. The van der Waals surface area contributed by atoms with Gasteiger partial charge in [-0.05, 0) is 24.3 Å². The molecule has 1 fully saturated rings. The number of urea groups is 1. The Morgan fingerprint density at radius 1 is 1.10 bits per heavy atom. The summed E-state index contributed by atoms with van der Waals surface area (Å²) in [5, 5.41) is 5.36. The number of nitrogens with one attached hydrogen (secondary N) is 1. The van der Waals surface area contributed by atoms with E-state index in [0.717, 1.165) is 25.9 Å². The van der Waals surface area contributed by atoms with Gasteiger partial charge in [-0.3, -0.25) is 0 Å². The third kappa shape index (κ3) is 2.54. The molecule has 0 radical (unpaired) electrons. The zero-order chi connectivity index (χ0) is 13.9. The van der Waals surface area contributed by atoms with Gasteiger partial charge in [0.25, 0.3) is 0 Å². The van der Waals surface area contributed by atoms with E-state index in [1.54, 1.807) is 0 Å². The van der Waals surface area contributed by atoms with Gasteiger partial charge in [0.15, 0.2) is 0 Å². The lowest BCUT2D eigenvalue weighted by molar-refractivity contribution is 0.242. The zero-order valence-electron chi connectivity index (χ0n) is 11.4. The van der Waals surface area contributed by atoms with E-state index in [1.165, 1.54) is 16.5 Å². The summed E-state index contributed by atoms with van der Waals surface area (Å²) in [5.74, 6) is 0. The maximum atomic E-state index is 10.9. The fraction of sp³-hybridized carbons (Fsp3) is 0.312. The Kier molecular flexibility index (Phi) is 3.46. The fourth-order valence-corrected chi connectivity index (χ4v) is 2.95. The molecule has 4 heteroatoms. The van der Waals surface area contributed by atoms with Crippen LogP contribution in [0, 0.1) is 0 Å². The quantitative estimate of drug-likeness (QED) is 0.880. The molecule has 1 aliphatic rings. The minimum absolute atomic E-state index is 0.207. The molecule has 2 aromatic carbocycles. The normalized spacial score (nSPS) is 16.3. The molecule has 3 N–H and O–H groups in total. The molecule has 0 bridgehead atoms. The Labute approximate surface area is 118 Å². The molecule has 0 atom stereocenters. The van der Waals surface area contributed by atoms with Gasteiger partial charge in [-0.2, -0.15) is 0 Å². The third-order valence-corrected chi connectivity index (χ3v) is 3.95. The number of hydrogen-bond acceptors (Lipinski definition) is 2. The highest BCUT2D eigenvalue weighted by atomic mass is 16.2. The molecule has 1 heterocycles. The standard InChI is InChI=1S/C16H19N3O/c17-16(20)18-13-8-10-19(11-9-13)15-7-3-5-12-4-1-2-6-14(12)15/h1-7,13H,8-11H2,(H3,17,18,20). The molecule has 0 spiro atoms. The molecule has 2 aromatic rings. The van der Waals surface area contributed by atoms with Gasteiger partial charge in [-0.15, -0.1) is 0 Å². The van der Waals surface area contributed by atoms with Crippen molar-refractivity contribution in [3.05, 3.63) is 42.5 Å². The molecule has 0 aromatic heterocycles. The molecular formula is C16H19N3O. The highest BCUT2D eigenvalue weighted by Gasteiger charge is 2.20. The summed E-state index contributed by atoms with van der Waals surface area (Å²) in [4.78, 5) is 13.3. The van der Waals surface area contributed by atoms with Gasteiger partial charge in [-0.1, -0.05) is 36.4 Å². The van der Waals surface area contributed by atoms with Crippen LogP contribution in [0.2, 0.25) is 0 Å². The Bertz CT molecular complexity index is 613. The molecule has 2 amide bonds. The average molecular weight is 269 g/mol. The monoisotopic (exact) mass is 269 g/mol. The number of carbonyl (C=O) groups is 1. The van der Waals surface area contributed by atoms with Crippen molar-refractivity contribution >= 4 is 22.5 Å². The summed E-state index contributed by atoms with van der Waals surface area (Å²) >= 11 is 0. The molecule has 4 nitrogen and oxygen atoms in total. The van der Waals surface area contributed by atoms with E-state index in [9.17, 15) is 4.79 Å². The molecule has 1 saturated heterocycles. The minimum atomic E-state index is -0.423. The summed E-state index contributed by atoms with van der Waals surface area (Å²) < 4.78 is 0. The number of primary amides is 1. The summed E-state index contributed by atoms with van der Waals surface area (Å²) in [6.45, 7) is 1.89. The Balaban J connectivity index is 1.78. The van der Waals surface area contributed by atoms with Crippen molar-refractivity contribution < 1.29 is 4.79 Å². The van der Waals surface area contributed by atoms with E-state index in [2.05, 4.69) is 52.7 Å². The number of fused-ring (bicyclic) bond motifs is 1. The number of nitrogens with zero attached hydrogens (tertiary/aromatic N) is 1. The number of anilines is 1. The first-order valence-electron chi connectivity index (χ1n) is 7.03. The van der Waals surface area contributed by atoms with Gasteiger partial charge in [0, 0.05) is 30.2 Å². The van der Waals surface area contributed by atoms with Crippen LogP contribution in [0.3, 0.4) is 0 Å². The van der Waals surface area contributed by atoms with Crippen molar-refractivity contribution in [1.29, 1.82) is 0 Å². The van der Waals surface area contributed by atoms with E-state index in [0.29, 0.717) is 0 Å². The van der Waals surface area contributed by atoms with Crippen molar-refractivity contribution in [3.8, 4) is 0 Å². The van der Waals surface area contributed by atoms with Crippen LogP contribution in [-0.2, 0) is 0 Å². The summed E-state index contributed by atoms with van der Waals surface area (Å²) in [6, 6.07) is 14.6. The van der Waals surface area contributed by atoms with Gasteiger partial charge in [0.1, 0.15) is 0 Å². The lowest BCUT2D eigenvalue weighted by Crippen LogP contribution is -2.46. The Morgan fingerprint density at radius 2 is 1.80 bits per heavy atom. The van der Waals surface area contributed by atoms with Gasteiger partial charge < -0.3 is 16.0 Å². The first kappa shape index (κ1) is 12.8. The molecule has 104 valence electrons. The van der Waals surface area contributed by atoms with E-state index >= 15 is 0 Å². The topological polar surface area (TPSA) is 58.4 Å². The highest BCUT2D eigenvalue weighted by molar-refractivity contribution is 5.94. The van der Waals surface area contributed by atoms with Crippen LogP contribution in [0.4, 0.5) is 10.5 Å². The van der Waals surface area contributed by atoms with E-state index in [4.69, 9.17) is 5.73 Å². The molecule has 0 unspecified atom stereocenters. The zero-order valence-corrected chi connectivity index (χ0v) is 11.4. The average Bonchev–Trinajstić information content (AvgIpc) is 2.47. The fourth-order valence-electron chi connectivity index (χ4n) is 2.95. The first-order valence-corrected chi connectivity index (χ1v) is 7.03. The number of amides is 2. The maximum absolute atomic E-state index is 10.9. The molecular weight excluding hydrogens is 250 g/mol. The van der Waals surface area contributed by atoms with Crippen molar-refractivity contribution in [2.24, 2.45) is 5.73 Å². The third-order valence-electron chi connectivity index (χ3n) is 3.95. The van der Waals surface area contributed by atoms with Crippen LogP contribution in [-0.4, -0.2) is 25.2 Å². The molecule has 0 aliphatic carbocycles. The summed E-state index contributed by atoms with van der Waals surface area (Å²) in [7, 11) is 0. The molecule has 0 saturated carbocycles. The number of carbonyl (C=O) groups excluding carboxylic acids is 1. The predicted octanol–water partition coefficient (Wildman–Crippen LogP) is 2.48. The number of rotatable bonds is 2. The van der Waals surface area contributed by atoms with Crippen LogP contribution in [0.15, 0.2) is 42.5 Å². The van der Waals surface area contributed by atoms with Crippen LogP contribution >= 0.6 is 0 Å². The Hall–Kier alpha value is -2.23. The van der Waals surface area contributed by atoms with Crippen LogP contribution < -0.4 is 16.0 Å². The predicted molar refractivity (Wildman–Crippen MR) is 81.9 cm³/mol. The Morgan fingerprint density at radius 3 is 2.55 bits per heavy atom. The molecule has 1 aliphatic heterocycles. The first-order chi connectivity index (χ1) is 9.74. The van der Waals surface area contributed by atoms with Gasteiger partial charge >= 0.3 is 6.03 Å². The van der Waals surface area contributed by atoms with Crippen LogP contribution in [0.25, 0.3) is 10.8 Å². The second-order valence-electron chi connectivity index (χ2n) is 5.27. The largest absolute Gasteiger partial charge is 0.371 e. The van der Waals surface area contributed by atoms with E-state index in [-0.39, 0.29) is 6.04 Å². The van der Waals surface area contributed by atoms with Gasteiger partial charge in [-0.25, -0.2) is 4.79 Å². The summed E-state index contributed by atoms with van der Waals surface area (Å²) in [5.41, 5.74) is 6.46. The van der Waals surface area contributed by atoms with Crippen LogP contribution in [0.5, 0.6) is 0 Å². The van der Waals surface area contributed by atoms with Gasteiger partial charge in [0.2, 0.25) is 0 Å². The minimum Gasteiger partial charge on any atom is -0.371 e. The van der Waals surface area contributed by atoms with E-state index < -0.39 is 6.03 Å². The lowest BCUT2D eigenvalue weighted by Gasteiger charge is -2.34. The number of piperidine rings is 1. The maximum Gasteiger partial charge on any atom is 0.312 e. The number of nitrogens with two attached hydrogens (primary N) is 1. The van der Waals surface area contributed by atoms with Gasteiger partial charge in [0.05, 0.1) is 0 Å². The van der Waals surface area contributed by atoms with Crippen molar-refractivity contribution in [2.75, 3.05) is 18.0 Å². The van der Waals surface area contributed by atoms with Crippen molar-refractivity contribution in [1.82, 2.24) is 5.32 Å².